The molecule has 0 aromatic heterocycles. The second-order valence-corrected chi connectivity index (χ2v) is 4.20. The molecule has 1 heterocycles. The quantitative estimate of drug-likeness (QED) is 0.515. The second kappa shape index (κ2) is 7.24. The maximum atomic E-state index is 11.7. The first-order valence-electron chi connectivity index (χ1n) is 5.92. The first kappa shape index (κ1) is 13.9. The summed E-state index contributed by atoms with van der Waals surface area (Å²) >= 11 is 0. The second-order valence-electron chi connectivity index (χ2n) is 4.20. The molecule has 0 aromatic rings. The van der Waals surface area contributed by atoms with Crippen molar-refractivity contribution in [3.8, 4) is 0 Å². The molecule has 1 aliphatic heterocycles. The predicted octanol–water partition coefficient (Wildman–Crippen LogP) is -1.14. The maximum absolute atomic E-state index is 11.7. The minimum atomic E-state index is -0.186. The van der Waals surface area contributed by atoms with Crippen LogP contribution in [0.2, 0.25) is 0 Å². The van der Waals surface area contributed by atoms with Gasteiger partial charge in [-0.3, -0.25) is 9.59 Å². The number of amides is 2. The fraction of sp³-hybridized carbons (Fsp3) is 0.818. The highest BCUT2D eigenvalue weighted by Gasteiger charge is 2.29. The zero-order valence-electron chi connectivity index (χ0n) is 10.4. The standard InChI is InChI=1S/C11H21N3O3/c1-8-9(3-4-12-8)11(16)14-7-10(15)13-5-6-17-2/h8-9,12H,3-7H2,1-2H3,(H,13,15)(H,14,16). The number of nitrogens with one attached hydrogen (secondary N) is 3. The molecule has 98 valence electrons. The molecule has 17 heavy (non-hydrogen) atoms. The third-order valence-electron chi connectivity index (χ3n) is 2.91. The van der Waals surface area contributed by atoms with E-state index in [1.807, 2.05) is 6.92 Å². The van der Waals surface area contributed by atoms with Crippen molar-refractivity contribution in [1.82, 2.24) is 16.0 Å². The number of hydrogen-bond donors (Lipinski definition) is 3. The molecule has 3 N–H and O–H groups in total. The molecule has 1 aliphatic rings. The van der Waals surface area contributed by atoms with E-state index in [0.29, 0.717) is 13.2 Å². The summed E-state index contributed by atoms with van der Waals surface area (Å²) in [7, 11) is 1.57. The van der Waals surface area contributed by atoms with Gasteiger partial charge in [0.15, 0.2) is 0 Å². The van der Waals surface area contributed by atoms with Gasteiger partial charge in [-0.25, -0.2) is 0 Å². The summed E-state index contributed by atoms with van der Waals surface area (Å²) in [6.07, 6.45) is 0.832. The number of hydrogen-bond acceptors (Lipinski definition) is 4. The van der Waals surface area contributed by atoms with Crippen LogP contribution < -0.4 is 16.0 Å². The number of rotatable bonds is 6. The zero-order valence-corrected chi connectivity index (χ0v) is 10.4. The molecule has 2 amide bonds. The highest BCUT2D eigenvalue weighted by atomic mass is 16.5. The molecule has 0 bridgehead atoms. The Morgan fingerprint density at radius 3 is 2.76 bits per heavy atom. The Morgan fingerprint density at radius 1 is 1.41 bits per heavy atom. The third-order valence-corrected chi connectivity index (χ3v) is 2.91. The Morgan fingerprint density at radius 2 is 2.18 bits per heavy atom. The van der Waals surface area contributed by atoms with Gasteiger partial charge < -0.3 is 20.7 Å². The summed E-state index contributed by atoms with van der Waals surface area (Å²) < 4.78 is 4.80. The average molecular weight is 243 g/mol. The first-order valence-corrected chi connectivity index (χ1v) is 5.92. The van der Waals surface area contributed by atoms with Gasteiger partial charge in [-0.2, -0.15) is 0 Å². The monoisotopic (exact) mass is 243 g/mol. The molecule has 1 fully saturated rings. The van der Waals surface area contributed by atoms with E-state index in [2.05, 4.69) is 16.0 Å². The third kappa shape index (κ3) is 4.70. The average Bonchev–Trinajstić information content (AvgIpc) is 2.73. The van der Waals surface area contributed by atoms with Crippen LogP contribution in [0.3, 0.4) is 0 Å². The molecule has 0 spiro atoms. The summed E-state index contributed by atoms with van der Waals surface area (Å²) in [6.45, 7) is 3.82. The van der Waals surface area contributed by atoms with E-state index in [4.69, 9.17) is 4.74 Å². The highest BCUT2D eigenvalue weighted by molar-refractivity contribution is 5.86. The van der Waals surface area contributed by atoms with Crippen LogP contribution in [-0.2, 0) is 14.3 Å². The minimum Gasteiger partial charge on any atom is -0.383 e. The molecule has 6 nitrogen and oxygen atoms in total. The molecular weight excluding hydrogens is 222 g/mol. The largest absolute Gasteiger partial charge is 0.383 e. The highest BCUT2D eigenvalue weighted by Crippen LogP contribution is 2.14. The van der Waals surface area contributed by atoms with E-state index >= 15 is 0 Å². The lowest BCUT2D eigenvalue weighted by atomic mass is 10.0. The van der Waals surface area contributed by atoms with Gasteiger partial charge in [0.1, 0.15) is 0 Å². The molecule has 2 unspecified atom stereocenters. The van der Waals surface area contributed by atoms with Gasteiger partial charge in [0.2, 0.25) is 11.8 Å². The Balaban J connectivity index is 2.16. The van der Waals surface area contributed by atoms with Crippen LogP contribution in [0.5, 0.6) is 0 Å². The van der Waals surface area contributed by atoms with Gasteiger partial charge in [0, 0.05) is 19.7 Å². The lowest BCUT2D eigenvalue weighted by Crippen LogP contribution is -2.42. The van der Waals surface area contributed by atoms with E-state index in [1.165, 1.54) is 0 Å². The summed E-state index contributed by atoms with van der Waals surface area (Å²) in [5, 5.41) is 8.50. The molecule has 1 saturated heterocycles. The maximum Gasteiger partial charge on any atom is 0.239 e. The minimum absolute atomic E-state index is 0.0261. The SMILES string of the molecule is COCCNC(=O)CNC(=O)C1CCNC1C. The molecule has 1 rings (SSSR count). The Kier molecular flexibility index (Phi) is 5.93. The van der Waals surface area contributed by atoms with Gasteiger partial charge in [0.25, 0.3) is 0 Å². The van der Waals surface area contributed by atoms with Gasteiger partial charge >= 0.3 is 0 Å². The van der Waals surface area contributed by atoms with Crippen LogP contribution in [0.25, 0.3) is 0 Å². The number of methoxy groups -OCH3 is 1. The predicted molar refractivity (Wildman–Crippen MR) is 63.5 cm³/mol. The van der Waals surface area contributed by atoms with Crippen LogP contribution in [0.4, 0.5) is 0 Å². The van der Waals surface area contributed by atoms with Crippen molar-refractivity contribution < 1.29 is 14.3 Å². The fourth-order valence-electron chi connectivity index (χ4n) is 1.87. The van der Waals surface area contributed by atoms with Crippen molar-refractivity contribution in [2.45, 2.75) is 19.4 Å². The van der Waals surface area contributed by atoms with Crippen molar-refractivity contribution in [2.75, 3.05) is 33.4 Å². The van der Waals surface area contributed by atoms with Crippen molar-refractivity contribution in [3.63, 3.8) is 0 Å². The molecule has 2 atom stereocenters. The van der Waals surface area contributed by atoms with Crippen molar-refractivity contribution in [1.29, 1.82) is 0 Å². The van der Waals surface area contributed by atoms with Gasteiger partial charge in [-0.05, 0) is 19.9 Å². The van der Waals surface area contributed by atoms with Crippen LogP contribution in [0.1, 0.15) is 13.3 Å². The molecule has 0 radical (unpaired) electrons. The Labute approximate surface area is 101 Å². The van der Waals surface area contributed by atoms with Crippen LogP contribution >= 0.6 is 0 Å². The number of carbonyl (C=O) groups excluding carboxylic acids is 2. The number of carbonyl (C=O) groups is 2. The topological polar surface area (TPSA) is 79.5 Å². The summed E-state index contributed by atoms with van der Waals surface area (Å²) in [5.41, 5.74) is 0. The van der Waals surface area contributed by atoms with Crippen molar-refractivity contribution in [3.05, 3.63) is 0 Å². The van der Waals surface area contributed by atoms with Gasteiger partial charge in [-0.1, -0.05) is 0 Å². The van der Waals surface area contributed by atoms with Crippen molar-refractivity contribution >= 4 is 11.8 Å². The fourth-order valence-corrected chi connectivity index (χ4v) is 1.87. The summed E-state index contributed by atoms with van der Waals surface area (Å²) in [5.74, 6) is -0.264. The first-order chi connectivity index (χ1) is 8.15. The van der Waals surface area contributed by atoms with E-state index in [0.717, 1.165) is 13.0 Å². The van der Waals surface area contributed by atoms with E-state index in [9.17, 15) is 9.59 Å². The van der Waals surface area contributed by atoms with Gasteiger partial charge in [0.05, 0.1) is 19.1 Å². The molecule has 0 aliphatic carbocycles. The zero-order chi connectivity index (χ0) is 12.7. The van der Waals surface area contributed by atoms with Gasteiger partial charge in [-0.15, -0.1) is 0 Å². The van der Waals surface area contributed by atoms with Crippen LogP contribution in [0, 0.1) is 5.92 Å². The number of ether oxygens (including phenoxy) is 1. The summed E-state index contributed by atoms with van der Waals surface area (Å²) in [4.78, 5) is 23.1. The molecular formula is C11H21N3O3. The van der Waals surface area contributed by atoms with Crippen LogP contribution in [0.15, 0.2) is 0 Å². The Hall–Kier alpha value is -1.14. The van der Waals surface area contributed by atoms with E-state index in [1.54, 1.807) is 7.11 Å². The van der Waals surface area contributed by atoms with Crippen molar-refractivity contribution in [2.24, 2.45) is 5.92 Å². The lowest BCUT2D eigenvalue weighted by Gasteiger charge is -2.14. The molecule has 0 aromatic carbocycles. The lowest BCUT2D eigenvalue weighted by molar-refractivity contribution is -0.128. The normalized spacial score (nSPS) is 23.4. The van der Waals surface area contributed by atoms with E-state index in [-0.39, 0.29) is 30.3 Å². The van der Waals surface area contributed by atoms with E-state index < -0.39 is 0 Å². The smallest absolute Gasteiger partial charge is 0.239 e. The molecule has 0 saturated carbocycles. The molecule has 6 heteroatoms. The van der Waals surface area contributed by atoms with Crippen LogP contribution in [-0.4, -0.2) is 51.2 Å². The summed E-state index contributed by atoms with van der Waals surface area (Å²) in [6, 6.07) is 0.187. The Bertz CT molecular complexity index is 271.